The van der Waals surface area contributed by atoms with Gasteiger partial charge in [-0.05, 0) is 49.7 Å². The predicted molar refractivity (Wildman–Crippen MR) is 115 cm³/mol. The van der Waals surface area contributed by atoms with Crippen molar-refractivity contribution < 1.29 is 19.8 Å². The van der Waals surface area contributed by atoms with E-state index in [4.69, 9.17) is 9.90 Å². The Balaban J connectivity index is 2.33. The highest BCUT2D eigenvalue weighted by atomic mass is 16.4. The molecule has 0 radical (unpaired) electrons. The molecular formula is C24H22N2O3. The highest BCUT2D eigenvalue weighted by molar-refractivity contribution is 6.07. The number of benzene rings is 3. The summed E-state index contributed by atoms with van der Waals surface area (Å²) >= 11 is 0. The molecule has 2 aliphatic rings. The minimum absolute atomic E-state index is 0.00395. The first-order chi connectivity index (χ1) is 15.8. The van der Waals surface area contributed by atoms with E-state index in [1.807, 2.05) is 13.8 Å². The molecule has 0 fully saturated rings. The number of hydrogen-bond acceptors (Lipinski definition) is 4. The molecule has 4 rings (SSSR count). The summed E-state index contributed by atoms with van der Waals surface area (Å²) in [7, 11) is 0. The normalized spacial score (nSPS) is 13.8. The van der Waals surface area contributed by atoms with Crippen molar-refractivity contribution in [2.75, 3.05) is 18.4 Å². The van der Waals surface area contributed by atoms with Gasteiger partial charge < -0.3 is 14.8 Å². The van der Waals surface area contributed by atoms with Gasteiger partial charge in [-0.1, -0.05) is 18.2 Å². The van der Waals surface area contributed by atoms with Crippen molar-refractivity contribution >= 4 is 22.6 Å². The zero-order chi connectivity index (χ0) is 23.9. The highest BCUT2D eigenvalue weighted by Gasteiger charge is 2.21. The molecule has 1 aliphatic heterocycles. The molecule has 0 saturated carbocycles. The number of aromatic carboxylic acids is 1. The number of nitrogens with zero attached hydrogens (tertiary/aromatic N) is 1. The third-order valence-electron chi connectivity index (χ3n) is 4.48. The van der Waals surface area contributed by atoms with E-state index in [1.54, 1.807) is 18.2 Å². The number of hydrogen-bond donors (Lipinski definition) is 2. The Kier molecular flexibility index (Phi) is 3.87. The zero-order valence-corrected chi connectivity index (χ0v) is 16.1. The van der Waals surface area contributed by atoms with Crippen LogP contribution >= 0.6 is 0 Å². The fourth-order valence-corrected chi connectivity index (χ4v) is 3.30. The summed E-state index contributed by atoms with van der Waals surface area (Å²) in [4.78, 5) is 16.3. The average molecular weight is 390 g/mol. The molecule has 0 spiro atoms. The minimum atomic E-state index is -1.16. The van der Waals surface area contributed by atoms with Crippen LogP contribution < -0.4 is 10.7 Å². The third kappa shape index (κ3) is 3.47. The first-order valence-electron chi connectivity index (χ1n) is 11.4. The molecule has 0 aromatic heterocycles. The topological polar surface area (TPSA) is 74.8 Å². The van der Waals surface area contributed by atoms with Gasteiger partial charge >= 0.3 is 5.97 Å². The van der Waals surface area contributed by atoms with Crippen LogP contribution in [-0.4, -0.2) is 24.2 Å². The molecular weight excluding hydrogens is 364 g/mol. The SMILES string of the molecule is [2H]c1c/c(=N/CC)c([2H])c2oc3c([2H])c(NCC)cc([2H])c3c(-c3ccccc3C(=O)O)c1-2. The lowest BCUT2D eigenvalue weighted by Crippen LogP contribution is -2.05. The first kappa shape index (κ1) is 14.4. The van der Waals surface area contributed by atoms with Gasteiger partial charge in [-0.15, -0.1) is 0 Å². The molecule has 2 N–H and O–H groups in total. The van der Waals surface area contributed by atoms with Crippen LogP contribution in [0, 0.1) is 0 Å². The summed E-state index contributed by atoms with van der Waals surface area (Å²) in [5, 5.41) is 13.4. The second-order valence-corrected chi connectivity index (χ2v) is 6.37. The number of carbonyl (C=O) groups is 1. The summed E-state index contributed by atoms with van der Waals surface area (Å²) in [5.74, 6) is -1.14. The van der Waals surface area contributed by atoms with Gasteiger partial charge in [-0.3, -0.25) is 4.99 Å². The molecule has 0 bridgehead atoms. The number of fused-ring (bicyclic) bond motifs is 2. The van der Waals surface area contributed by atoms with E-state index in [0.29, 0.717) is 18.8 Å². The van der Waals surface area contributed by atoms with E-state index in [0.717, 1.165) is 0 Å². The zero-order valence-electron chi connectivity index (χ0n) is 20.1. The van der Waals surface area contributed by atoms with Crippen molar-refractivity contribution in [1.82, 2.24) is 0 Å². The smallest absolute Gasteiger partial charge is 0.336 e. The van der Waals surface area contributed by atoms with Crippen molar-refractivity contribution in [1.29, 1.82) is 0 Å². The van der Waals surface area contributed by atoms with E-state index >= 15 is 0 Å². The number of anilines is 1. The quantitative estimate of drug-likeness (QED) is 0.456. The van der Waals surface area contributed by atoms with E-state index in [9.17, 15) is 9.90 Å². The number of carboxylic acids is 1. The van der Waals surface area contributed by atoms with Crippen LogP contribution in [0.3, 0.4) is 0 Å². The Morgan fingerprint density at radius 2 is 1.97 bits per heavy atom. The molecule has 0 amide bonds. The lowest BCUT2D eigenvalue weighted by molar-refractivity contribution is 0.0697. The Bertz CT molecular complexity index is 1450. The molecule has 146 valence electrons. The van der Waals surface area contributed by atoms with Crippen LogP contribution in [0.25, 0.3) is 33.4 Å². The van der Waals surface area contributed by atoms with Crippen molar-refractivity contribution in [3.05, 3.63) is 71.5 Å². The Morgan fingerprint density at radius 1 is 1.14 bits per heavy atom. The summed E-state index contributed by atoms with van der Waals surface area (Å²) < 4.78 is 40.8. The van der Waals surface area contributed by atoms with Crippen molar-refractivity contribution in [2.45, 2.75) is 13.8 Å². The van der Waals surface area contributed by atoms with Crippen LogP contribution in [0.2, 0.25) is 0 Å². The Labute approximate surface area is 174 Å². The van der Waals surface area contributed by atoms with Gasteiger partial charge in [0.15, 0.2) is 0 Å². The van der Waals surface area contributed by atoms with Gasteiger partial charge in [-0.25, -0.2) is 4.79 Å². The third-order valence-corrected chi connectivity index (χ3v) is 4.48. The van der Waals surface area contributed by atoms with Gasteiger partial charge in [0.1, 0.15) is 11.3 Å². The molecule has 2 aromatic carbocycles. The lowest BCUT2D eigenvalue weighted by atomic mass is 9.90. The molecule has 0 unspecified atom stereocenters. The summed E-state index contributed by atoms with van der Waals surface area (Å²) in [6.07, 6.45) is 0. The van der Waals surface area contributed by atoms with Crippen molar-refractivity contribution in [3.63, 3.8) is 0 Å². The summed E-state index contributed by atoms with van der Waals surface area (Å²) in [6.45, 7) is 4.62. The fourth-order valence-electron chi connectivity index (χ4n) is 3.30. The van der Waals surface area contributed by atoms with Crippen LogP contribution in [-0.2, 0) is 0 Å². The minimum Gasteiger partial charge on any atom is -0.478 e. The standard InChI is InChI=1S/C24H22N2O3/c1-3-25-15-9-11-19-21(13-15)29-22-14-16(26-4-2)10-12-20(22)23(19)17-7-5-6-8-18(17)24(27)28/h5-14,25H,3-4H2,1-2H3,(H,27,28)/b26-16-/i11D,12D,13D,14D. The fraction of sp³-hybridized carbons (Fsp3) is 0.167. The molecule has 1 heterocycles. The van der Waals surface area contributed by atoms with Crippen molar-refractivity contribution in [2.24, 2.45) is 4.99 Å². The lowest BCUT2D eigenvalue weighted by Gasteiger charge is -2.17. The maximum Gasteiger partial charge on any atom is 0.336 e. The Hall–Kier alpha value is -3.60. The largest absolute Gasteiger partial charge is 0.478 e. The van der Waals surface area contributed by atoms with Gasteiger partial charge in [-0.2, -0.15) is 0 Å². The van der Waals surface area contributed by atoms with Gasteiger partial charge in [0.25, 0.3) is 0 Å². The molecule has 2 aromatic rings. The average Bonchev–Trinajstić information content (AvgIpc) is 2.79. The second-order valence-electron chi connectivity index (χ2n) is 6.37. The maximum absolute atomic E-state index is 12.0. The van der Waals surface area contributed by atoms with Crippen LogP contribution in [0.15, 0.2) is 70.0 Å². The second kappa shape index (κ2) is 7.80. The van der Waals surface area contributed by atoms with E-state index in [2.05, 4.69) is 10.3 Å². The van der Waals surface area contributed by atoms with E-state index < -0.39 is 5.97 Å². The number of rotatable bonds is 5. The molecule has 1 aliphatic carbocycles. The molecule has 5 heteroatoms. The van der Waals surface area contributed by atoms with Gasteiger partial charge in [0.2, 0.25) is 0 Å². The molecule has 0 atom stereocenters. The first-order valence-corrected chi connectivity index (χ1v) is 9.38. The van der Waals surface area contributed by atoms with Gasteiger partial charge in [0, 0.05) is 47.4 Å². The molecule has 5 nitrogen and oxygen atoms in total. The molecule has 0 saturated heterocycles. The van der Waals surface area contributed by atoms with Crippen LogP contribution in [0.5, 0.6) is 0 Å². The maximum atomic E-state index is 12.0. The summed E-state index contributed by atoms with van der Waals surface area (Å²) in [5.41, 5.74) is 1.20. The summed E-state index contributed by atoms with van der Waals surface area (Å²) in [6, 6.07) is 9.21. The van der Waals surface area contributed by atoms with Crippen LogP contribution in [0.1, 0.15) is 29.7 Å². The van der Waals surface area contributed by atoms with Crippen LogP contribution in [0.4, 0.5) is 5.69 Å². The number of carboxylic acid groups (broad SMARTS) is 1. The monoisotopic (exact) mass is 390 g/mol. The number of nitrogens with one attached hydrogen (secondary N) is 1. The van der Waals surface area contributed by atoms with Gasteiger partial charge in [0.05, 0.1) is 16.4 Å². The predicted octanol–water partition coefficient (Wildman–Crippen LogP) is 5.26. The Morgan fingerprint density at radius 3 is 2.72 bits per heavy atom. The highest BCUT2D eigenvalue weighted by Crippen LogP contribution is 2.41. The molecule has 29 heavy (non-hydrogen) atoms. The van der Waals surface area contributed by atoms with Crippen molar-refractivity contribution in [3.8, 4) is 22.5 Å². The van der Waals surface area contributed by atoms with E-state index in [-0.39, 0.29) is 68.5 Å². The van der Waals surface area contributed by atoms with E-state index in [1.165, 1.54) is 18.2 Å².